The third-order valence-electron chi connectivity index (χ3n) is 3.03. The number of hydrogen-bond acceptors (Lipinski definition) is 3. The minimum Gasteiger partial charge on any atom is -0.461 e. The Morgan fingerprint density at radius 2 is 2.00 bits per heavy atom. The first kappa shape index (κ1) is 13.9. The molecule has 19 heavy (non-hydrogen) atoms. The largest absolute Gasteiger partial charge is 0.461 e. The van der Waals surface area contributed by atoms with Crippen LogP contribution in [0.25, 0.3) is 0 Å². The van der Waals surface area contributed by atoms with Crippen molar-refractivity contribution in [2.45, 2.75) is 33.7 Å². The molecule has 0 aliphatic rings. The zero-order chi connectivity index (χ0) is 13.8. The third-order valence-corrected chi connectivity index (χ3v) is 4.24. The van der Waals surface area contributed by atoms with E-state index in [2.05, 4.69) is 19.1 Å². The number of aromatic nitrogens is 1. The molecule has 0 amide bonds. The average molecular weight is 277 g/mol. The predicted octanol–water partition coefficient (Wildman–Crippen LogP) is 3.65. The minimum absolute atomic E-state index is 0.239. The highest BCUT2D eigenvalue weighted by Gasteiger charge is 2.16. The van der Waals surface area contributed by atoms with Gasteiger partial charge in [0, 0.05) is 16.0 Å². The Morgan fingerprint density at radius 3 is 2.63 bits per heavy atom. The number of hydrogen-bond donors (Lipinski definition) is 0. The van der Waals surface area contributed by atoms with Gasteiger partial charge in [-0.2, -0.15) is 0 Å². The number of aryl methyl sites for hydroxylation is 2. The van der Waals surface area contributed by atoms with Crippen LogP contribution in [0.15, 0.2) is 24.4 Å². The summed E-state index contributed by atoms with van der Waals surface area (Å²) in [6.45, 7) is 7.05. The van der Waals surface area contributed by atoms with Gasteiger partial charge in [-0.1, -0.05) is 6.92 Å². The van der Waals surface area contributed by atoms with Crippen molar-refractivity contribution in [2.75, 3.05) is 6.61 Å². The molecule has 2 aromatic heterocycles. The second kappa shape index (κ2) is 6.06. The van der Waals surface area contributed by atoms with Crippen LogP contribution in [0.5, 0.6) is 0 Å². The second-order valence-corrected chi connectivity index (χ2v) is 5.67. The summed E-state index contributed by atoms with van der Waals surface area (Å²) in [5.41, 5.74) is 1.62. The van der Waals surface area contributed by atoms with Crippen LogP contribution in [0.3, 0.4) is 0 Å². The summed E-state index contributed by atoms with van der Waals surface area (Å²) in [5, 5.41) is 0. The van der Waals surface area contributed by atoms with E-state index in [1.165, 1.54) is 9.75 Å². The van der Waals surface area contributed by atoms with E-state index in [0.29, 0.717) is 12.3 Å². The standard InChI is InChI=1S/C15H19NO2S/c1-4-12-6-7-13(19-12)10-16-9-8-11(3)14(16)15(17)18-5-2/h6-9H,4-5,10H2,1-3H3. The van der Waals surface area contributed by atoms with Gasteiger partial charge in [0.25, 0.3) is 0 Å². The van der Waals surface area contributed by atoms with Crippen molar-refractivity contribution in [1.82, 2.24) is 4.57 Å². The van der Waals surface area contributed by atoms with Crippen LogP contribution in [0.1, 0.15) is 39.7 Å². The van der Waals surface area contributed by atoms with Gasteiger partial charge in [-0.25, -0.2) is 4.79 Å². The van der Waals surface area contributed by atoms with E-state index < -0.39 is 0 Å². The van der Waals surface area contributed by atoms with Crippen LogP contribution in [-0.4, -0.2) is 17.1 Å². The molecule has 0 aliphatic heterocycles. The molecule has 0 fully saturated rings. The molecule has 0 unspecified atom stereocenters. The fraction of sp³-hybridized carbons (Fsp3) is 0.400. The summed E-state index contributed by atoms with van der Waals surface area (Å²) < 4.78 is 7.09. The lowest BCUT2D eigenvalue weighted by atomic mass is 10.2. The van der Waals surface area contributed by atoms with Crippen LogP contribution in [0, 0.1) is 6.92 Å². The lowest BCUT2D eigenvalue weighted by molar-refractivity contribution is 0.0513. The molecule has 0 spiro atoms. The summed E-state index contributed by atoms with van der Waals surface area (Å²) in [5.74, 6) is -0.239. The zero-order valence-electron chi connectivity index (χ0n) is 11.6. The van der Waals surface area contributed by atoms with E-state index in [0.717, 1.165) is 18.5 Å². The molecule has 4 heteroatoms. The van der Waals surface area contributed by atoms with Crippen LogP contribution in [-0.2, 0) is 17.7 Å². The first-order chi connectivity index (χ1) is 9.15. The molecule has 0 saturated carbocycles. The fourth-order valence-corrected chi connectivity index (χ4v) is 3.01. The number of nitrogens with zero attached hydrogens (tertiary/aromatic N) is 1. The molecule has 0 aromatic carbocycles. The summed E-state index contributed by atoms with van der Waals surface area (Å²) in [4.78, 5) is 14.6. The van der Waals surface area contributed by atoms with Crippen molar-refractivity contribution >= 4 is 17.3 Å². The maximum absolute atomic E-state index is 12.0. The van der Waals surface area contributed by atoms with E-state index >= 15 is 0 Å². The number of thiophene rings is 1. The molecule has 0 saturated heterocycles. The number of rotatable bonds is 5. The maximum Gasteiger partial charge on any atom is 0.355 e. The van der Waals surface area contributed by atoms with Gasteiger partial charge in [0.05, 0.1) is 13.2 Å². The number of carbonyl (C=O) groups is 1. The second-order valence-electron chi connectivity index (χ2n) is 4.42. The van der Waals surface area contributed by atoms with Gasteiger partial charge in [0.1, 0.15) is 5.69 Å². The lowest BCUT2D eigenvalue weighted by Gasteiger charge is -2.08. The van der Waals surface area contributed by atoms with Gasteiger partial charge in [0.15, 0.2) is 0 Å². The maximum atomic E-state index is 12.0. The molecular formula is C15H19NO2S. The molecule has 0 radical (unpaired) electrons. The SMILES string of the molecule is CCOC(=O)c1c(C)ccn1Cc1ccc(CC)s1. The summed E-state index contributed by atoms with van der Waals surface area (Å²) >= 11 is 1.80. The molecule has 0 N–H and O–H groups in total. The van der Waals surface area contributed by atoms with Gasteiger partial charge in [0.2, 0.25) is 0 Å². The monoisotopic (exact) mass is 277 g/mol. The first-order valence-electron chi connectivity index (χ1n) is 6.56. The first-order valence-corrected chi connectivity index (χ1v) is 7.37. The molecule has 2 aromatic rings. The zero-order valence-corrected chi connectivity index (χ0v) is 12.4. The van der Waals surface area contributed by atoms with Crippen molar-refractivity contribution in [1.29, 1.82) is 0 Å². The van der Waals surface area contributed by atoms with Gasteiger partial charge in [-0.05, 0) is 44.0 Å². The van der Waals surface area contributed by atoms with Crippen LogP contribution in [0.2, 0.25) is 0 Å². The molecule has 2 rings (SSSR count). The highest BCUT2D eigenvalue weighted by atomic mass is 32.1. The Balaban J connectivity index is 2.23. The molecule has 0 bridgehead atoms. The lowest BCUT2D eigenvalue weighted by Crippen LogP contribution is -2.13. The third kappa shape index (κ3) is 3.07. The highest BCUT2D eigenvalue weighted by Crippen LogP contribution is 2.20. The minimum atomic E-state index is -0.239. The van der Waals surface area contributed by atoms with Crippen molar-refractivity contribution in [3.05, 3.63) is 45.4 Å². The van der Waals surface area contributed by atoms with E-state index in [9.17, 15) is 4.79 Å². The van der Waals surface area contributed by atoms with Crippen molar-refractivity contribution in [3.63, 3.8) is 0 Å². The number of carbonyl (C=O) groups excluding carboxylic acids is 1. The number of esters is 1. The molecule has 0 aliphatic carbocycles. The van der Waals surface area contributed by atoms with Crippen LogP contribution >= 0.6 is 11.3 Å². The molecule has 102 valence electrons. The predicted molar refractivity (Wildman–Crippen MR) is 77.9 cm³/mol. The Labute approximate surface area is 117 Å². The topological polar surface area (TPSA) is 31.2 Å². The average Bonchev–Trinajstić information content (AvgIpc) is 2.97. The van der Waals surface area contributed by atoms with Crippen molar-refractivity contribution < 1.29 is 9.53 Å². The summed E-state index contributed by atoms with van der Waals surface area (Å²) in [6, 6.07) is 6.24. The Bertz CT molecular complexity index is 568. The van der Waals surface area contributed by atoms with E-state index in [1.807, 2.05) is 30.7 Å². The van der Waals surface area contributed by atoms with Crippen LogP contribution < -0.4 is 0 Å². The molecule has 3 nitrogen and oxygen atoms in total. The summed E-state index contributed by atoms with van der Waals surface area (Å²) in [6.07, 6.45) is 3.01. The van der Waals surface area contributed by atoms with Gasteiger partial charge in [-0.3, -0.25) is 0 Å². The van der Waals surface area contributed by atoms with E-state index in [1.54, 1.807) is 11.3 Å². The van der Waals surface area contributed by atoms with Gasteiger partial charge < -0.3 is 9.30 Å². The van der Waals surface area contributed by atoms with E-state index in [4.69, 9.17) is 4.74 Å². The van der Waals surface area contributed by atoms with Crippen molar-refractivity contribution in [2.24, 2.45) is 0 Å². The van der Waals surface area contributed by atoms with Crippen LogP contribution in [0.4, 0.5) is 0 Å². The Morgan fingerprint density at radius 1 is 1.26 bits per heavy atom. The Kier molecular flexibility index (Phi) is 4.43. The Hall–Kier alpha value is -1.55. The van der Waals surface area contributed by atoms with E-state index in [-0.39, 0.29) is 5.97 Å². The van der Waals surface area contributed by atoms with Gasteiger partial charge in [-0.15, -0.1) is 11.3 Å². The number of ether oxygens (including phenoxy) is 1. The quantitative estimate of drug-likeness (QED) is 0.781. The fourth-order valence-electron chi connectivity index (χ4n) is 2.06. The highest BCUT2D eigenvalue weighted by molar-refractivity contribution is 7.11. The molecular weight excluding hydrogens is 258 g/mol. The molecule has 0 atom stereocenters. The smallest absolute Gasteiger partial charge is 0.355 e. The normalized spacial score (nSPS) is 10.7. The van der Waals surface area contributed by atoms with Gasteiger partial charge >= 0.3 is 5.97 Å². The molecule has 2 heterocycles. The van der Waals surface area contributed by atoms with Crippen molar-refractivity contribution in [3.8, 4) is 0 Å². The summed E-state index contributed by atoms with van der Waals surface area (Å²) in [7, 11) is 0.